The average molecular weight is 320 g/mol. The molecule has 120 valence electrons. The van der Waals surface area contributed by atoms with Crippen molar-refractivity contribution in [2.24, 2.45) is 0 Å². The van der Waals surface area contributed by atoms with E-state index in [0.29, 0.717) is 16.8 Å². The van der Waals surface area contributed by atoms with Crippen molar-refractivity contribution in [3.05, 3.63) is 59.8 Å². The van der Waals surface area contributed by atoms with Gasteiger partial charge in [0.2, 0.25) is 0 Å². The Hall–Kier alpha value is -2.34. The number of aliphatic hydroxyl groups is 1. The monoisotopic (exact) mass is 320 g/mol. The van der Waals surface area contributed by atoms with E-state index in [0.717, 1.165) is 17.5 Å². The van der Waals surface area contributed by atoms with Gasteiger partial charge in [0, 0.05) is 17.1 Å². The first-order valence-electron chi connectivity index (χ1n) is 7.05. The number of aromatic nitrogens is 2. The second-order valence-corrected chi connectivity index (χ2v) is 5.92. The Morgan fingerprint density at radius 3 is 2.22 bits per heavy atom. The van der Waals surface area contributed by atoms with Crippen LogP contribution in [0.25, 0.3) is 16.6 Å². The molecule has 0 unspecified atom stereocenters. The normalized spacial score (nSPS) is 12.8. The summed E-state index contributed by atoms with van der Waals surface area (Å²) in [6.45, 7) is 3.33. The van der Waals surface area contributed by atoms with Crippen molar-refractivity contribution >= 4 is 10.9 Å². The maximum absolute atomic E-state index is 12.6. The quantitative estimate of drug-likeness (QED) is 0.765. The summed E-state index contributed by atoms with van der Waals surface area (Å²) < 4.78 is 39.4. The van der Waals surface area contributed by atoms with E-state index in [1.165, 1.54) is 16.8 Å². The number of nitrogens with zero attached hydrogens (tertiary/aromatic N) is 2. The van der Waals surface area contributed by atoms with Gasteiger partial charge in [0.05, 0.1) is 22.4 Å². The summed E-state index contributed by atoms with van der Waals surface area (Å²) in [5.41, 5.74) is 0.0605. The first-order valence-corrected chi connectivity index (χ1v) is 7.05. The molecule has 0 aliphatic carbocycles. The van der Waals surface area contributed by atoms with E-state index in [2.05, 4.69) is 5.10 Å². The third kappa shape index (κ3) is 2.94. The van der Waals surface area contributed by atoms with Gasteiger partial charge in [-0.1, -0.05) is 18.2 Å². The zero-order valence-corrected chi connectivity index (χ0v) is 12.6. The van der Waals surface area contributed by atoms with Crippen LogP contribution in [-0.4, -0.2) is 14.9 Å². The van der Waals surface area contributed by atoms with E-state index in [1.807, 2.05) is 12.1 Å². The van der Waals surface area contributed by atoms with Crippen LogP contribution in [0.2, 0.25) is 0 Å². The molecular formula is C17H15F3N2O. The van der Waals surface area contributed by atoms with Crippen LogP contribution in [0.15, 0.2) is 48.7 Å². The molecule has 0 saturated carbocycles. The summed E-state index contributed by atoms with van der Waals surface area (Å²) in [5.74, 6) is 0. The zero-order chi connectivity index (χ0) is 16.8. The van der Waals surface area contributed by atoms with E-state index in [1.54, 1.807) is 26.1 Å². The molecule has 0 bridgehead atoms. The highest BCUT2D eigenvalue weighted by atomic mass is 19.4. The minimum Gasteiger partial charge on any atom is -0.386 e. The van der Waals surface area contributed by atoms with E-state index < -0.39 is 17.3 Å². The number of halogens is 3. The lowest BCUT2D eigenvalue weighted by Gasteiger charge is -2.17. The van der Waals surface area contributed by atoms with Crippen LogP contribution in [0.5, 0.6) is 0 Å². The summed E-state index contributed by atoms with van der Waals surface area (Å²) in [7, 11) is 0. The summed E-state index contributed by atoms with van der Waals surface area (Å²) in [6.07, 6.45) is -2.63. The SMILES string of the molecule is CC(C)(O)c1cccc2cn(-c3ccc(C(F)(F)F)cc3)nc12. The smallest absolute Gasteiger partial charge is 0.386 e. The molecule has 2 aromatic carbocycles. The van der Waals surface area contributed by atoms with Crippen molar-refractivity contribution in [2.45, 2.75) is 25.6 Å². The van der Waals surface area contributed by atoms with Gasteiger partial charge >= 0.3 is 6.18 Å². The molecule has 0 amide bonds. The lowest BCUT2D eigenvalue weighted by Crippen LogP contribution is -2.16. The maximum Gasteiger partial charge on any atom is 0.416 e. The Balaban J connectivity index is 2.08. The molecule has 6 heteroatoms. The highest BCUT2D eigenvalue weighted by molar-refractivity contribution is 5.82. The Kier molecular flexibility index (Phi) is 3.44. The number of rotatable bonds is 2. The molecule has 3 aromatic rings. The third-order valence-electron chi connectivity index (χ3n) is 3.65. The molecule has 1 N–H and O–H groups in total. The molecule has 0 atom stereocenters. The third-order valence-corrected chi connectivity index (χ3v) is 3.65. The summed E-state index contributed by atoms with van der Waals surface area (Å²) >= 11 is 0. The minimum absolute atomic E-state index is 0.524. The Labute approximate surface area is 131 Å². The number of fused-ring (bicyclic) bond motifs is 1. The molecule has 3 rings (SSSR count). The van der Waals surface area contributed by atoms with E-state index >= 15 is 0 Å². The Morgan fingerprint density at radius 1 is 1.00 bits per heavy atom. The van der Waals surface area contributed by atoms with Gasteiger partial charge in [0.15, 0.2) is 0 Å². The number of benzene rings is 2. The molecule has 3 nitrogen and oxygen atoms in total. The van der Waals surface area contributed by atoms with Gasteiger partial charge in [0.25, 0.3) is 0 Å². The molecule has 1 heterocycles. The number of hydrogen-bond acceptors (Lipinski definition) is 2. The van der Waals surface area contributed by atoms with Crippen LogP contribution < -0.4 is 0 Å². The number of alkyl halides is 3. The minimum atomic E-state index is -4.36. The fourth-order valence-corrected chi connectivity index (χ4v) is 2.47. The molecule has 0 fully saturated rings. The van der Waals surface area contributed by atoms with Gasteiger partial charge in [-0.05, 0) is 38.1 Å². The highest BCUT2D eigenvalue weighted by Gasteiger charge is 2.30. The fourth-order valence-electron chi connectivity index (χ4n) is 2.47. The Morgan fingerprint density at radius 2 is 1.65 bits per heavy atom. The average Bonchev–Trinajstić information content (AvgIpc) is 2.89. The summed E-state index contributed by atoms with van der Waals surface area (Å²) in [4.78, 5) is 0. The molecule has 0 spiro atoms. The molecule has 0 saturated heterocycles. The molecule has 0 aliphatic rings. The van der Waals surface area contributed by atoms with Crippen LogP contribution in [0.1, 0.15) is 25.0 Å². The van der Waals surface area contributed by atoms with Gasteiger partial charge in [0.1, 0.15) is 0 Å². The second-order valence-electron chi connectivity index (χ2n) is 5.92. The number of hydrogen-bond donors (Lipinski definition) is 1. The predicted octanol–water partition coefficient (Wildman–Crippen LogP) is 4.27. The highest BCUT2D eigenvalue weighted by Crippen LogP contribution is 2.31. The van der Waals surface area contributed by atoms with Crippen molar-refractivity contribution in [3.63, 3.8) is 0 Å². The first-order chi connectivity index (χ1) is 10.7. The fraction of sp³-hybridized carbons (Fsp3) is 0.235. The molecule has 1 aromatic heterocycles. The Bertz CT molecular complexity index is 843. The van der Waals surface area contributed by atoms with Crippen LogP contribution >= 0.6 is 0 Å². The van der Waals surface area contributed by atoms with Crippen molar-refractivity contribution in [2.75, 3.05) is 0 Å². The first kappa shape index (κ1) is 15.6. The van der Waals surface area contributed by atoms with Crippen LogP contribution in [0.4, 0.5) is 13.2 Å². The van der Waals surface area contributed by atoms with E-state index in [9.17, 15) is 18.3 Å². The second kappa shape index (κ2) is 5.09. The van der Waals surface area contributed by atoms with Gasteiger partial charge in [-0.15, -0.1) is 0 Å². The van der Waals surface area contributed by atoms with Crippen molar-refractivity contribution < 1.29 is 18.3 Å². The van der Waals surface area contributed by atoms with Crippen LogP contribution in [-0.2, 0) is 11.8 Å². The predicted molar refractivity (Wildman–Crippen MR) is 81.3 cm³/mol. The van der Waals surface area contributed by atoms with Crippen molar-refractivity contribution in [3.8, 4) is 5.69 Å². The van der Waals surface area contributed by atoms with Gasteiger partial charge in [-0.3, -0.25) is 0 Å². The van der Waals surface area contributed by atoms with Crippen molar-refractivity contribution in [1.29, 1.82) is 0 Å². The van der Waals surface area contributed by atoms with E-state index in [-0.39, 0.29) is 0 Å². The largest absolute Gasteiger partial charge is 0.416 e. The molecular weight excluding hydrogens is 305 g/mol. The molecule has 23 heavy (non-hydrogen) atoms. The summed E-state index contributed by atoms with van der Waals surface area (Å²) in [5, 5.41) is 15.4. The van der Waals surface area contributed by atoms with Gasteiger partial charge in [-0.2, -0.15) is 18.3 Å². The molecule has 0 radical (unpaired) electrons. The maximum atomic E-state index is 12.6. The lowest BCUT2D eigenvalue weighted by molar-refractivity contribution is -0.137. The van der Waals surface area contributed by atoms with Crippen molar-refractivity contribution in [1.82, 2.24) is 9.78 Å². The lowest BCUT2D eigenvalue weighted by atomic mass is 9.96. The topological polar surface area (TPSA) is 38.0 Å². The van der Waals surface area contributed by atoms with Crippen LogP contribution in [0.3, 0.4) is 0 Å². The summed E-state index contributed by atoms with van der Waals surface area (Å²) in [6, 6.07) is 10.2. The van der Waals surface area contributed by atoms with Gasteiger partial charge < -0.3 is 5.11 Å². The zero-order valence-electron chi connectivity index (χ0n) is 12.6. The van der Waals surface area contributed by atoms with Crippen LogP contribution in [0, 0.1) is 0 Å². The van der Waals surface area contributed by atoms with E-state index in [4.69, 9.17) is 0 Å². The molecule has 0 aliphatic heterocycles. The van der Waals surface area contributed by atoms with Gasteiger partial charge in [-0.25, -0.2) is 4.68 Å². The standard InChI is InChI=1S/C17H15F3N2O/c1-16(2,23)14-5-3-4-11-10-22(21-15(11)14)13-8-6-12(7-9-13)17(18,19)20/h3-10,23H,1-2H3.